The number of esters is 1. The summed E-state index contributed by atoms with van der Waals surface area (Å²) < 4.78 is 36.3. The van der Waals surface area contributed by atoms with Gasteiger partial charge in [0.15, 0.2) is 0 Å². The zero-order valence-electron chi connectivity index (χ0n) is 22.4. The van der Waals surface area contributed by atoms with Gasteiger partial charge >= 0.3 is 5.97 Å². The van der Waals surface area contributed by atoms with Crippen LogP contribution in [0.3, 0.4) is 0 Å². The van der Waals surface area contributed by atoms with Crippen molar-refractivity contribution in [2.75, 3.05) is 6.61 Å². The highest BCUT2D eigenvalue weighted by Crippen LogP contribution is 2.42. The van der Waals surface area contributed by atoms with Gasteiger partial charge in [0.1, 0.15) is 5.56 Å². The molecular formula is C29H37N3O4S. The second kappa shape index (κ2) is 10.8. The van der Waals surface area contributed by atoms with E-state index in [1.54, 1.807) is 12.1 Å². The zero-order chi connectivity index (χ0) is 26.8. The number of hydrogen-bond acceptors (Lipinski definition) is 5. The number of aryl methyl sites for hydroxylation is 1. The quantitative estimate of drug-likeness (QED) is 0.345. The first-order valence-corrected chi connectivity index (χ1v) is 14.5. The number of ether oxygens (including phenoxy) is 1. The lowest BCUT2D eigenvalue weighted by atomic mass is 10.00. The van der Waals surface area contributed by atoms with Crippen molar-refractivity contribution >= 4 is 16.0 Å². The Morgan fingerprint density at radius 3 is 2.35 bits per heavy atom. The molecule has 37 heavy (non-hydrogen) atoms. The molecule has 1 aromatic heterocycles. The maximum atomic E-state index is 13.1. The molecule has 0 saturated heterocycles. The molecule has 3 aromatic rings. The van der Waals surface area contributed by atoms with Crippen LogP contribution in [0.2, 0.25) is 0 Å². The maximum absolute atomic E-state index is 13.1. The highest BCUT2D eigenvalue weighted by atomic mass is 32.2. The largest absolute Gasteiger partial charge is 0.462 e. The molecule has 4 rings (SSSR count). The Hall–Kier alpha value is -2.97. The molecule has 0 unspecified atom stereocenters. The second-order valence-electron chi connectivity index (χ2n) is 10.7. The Morgan fingerprint density at radius 2 is 1.76 bits per heavy atom. The number of nitrogens with one attached hydrogen (secondary N) is 1. The summed E-state index contributed by atoms with van der Waals surface area (Å²) in [5.74, 6) is 0.0302. The first-order chi connectivity index (χ1) is 17.5. The number of sulfonamides is 1. The van der Waals surface area contributed by atoms with Gasteiger partial charge in [-0.25, -0.2) is 17.9 Å². The van der Waals surface area contributed by atoms with Crippen molar-refractivity contribution in [2.45, 2.75) is 83.2 Å². The molecule has 1 aliphatic carbocycles. The van der Waals surface area contributed by atoms with E-state index >= 15 is 0 Å². The summed E-state index contributed by atoms with van der Waals surface area (Å²) in [7, 11) is -3.70. The fraction of sp³-hybridized carbons (Fsp3) is 0.448. The summed E-state index contributed by atoms with van der Waals surface area (Å²) in [6.45, 7) is 10.4. The van der Waals surface area contributed by atoms with Crippen LogP contribution in [-0.4, -0.2) is 36.3 Å². The van der Waals surface area contributed by atoms with Crippen LogP contribution in [0.4, 0.5) is 0 Å². The predicted molar refractivity (Wildman–Crippen MR) is 145 cm³/mol. The van der Waals surface area contributed by atoms with Crippen molar-refractivity contribution in [3.8, 4) is 11.1 Å². The van der Waals surface area contributed by atoms with E-state index in [0.29, 0.717) is 30.1 Å². The molecule has 198 valence electrons. The van der Waals surface area contributed by atoms with Crippen LogP contribution in [0.15, 0.2) is 53.4 Å². The summed E-state index contributed by atoms with van der Waals surface area (Å²) in [5, 5.41) is 4.84. The van der Waals surface area contributed by atoms with Gasteiger partial charge < -0.3 is 4.74 Å². The van der Waals surface area contributed by atoms with E-state index in [-0.39, 0.29) is 10.9 Å². The van der Waals surface area contributed by atoms with Crippen LogP contribution < -0.4 is 4.72 Å². The third-order valence-electron chi connectivity index (χ3n) is 6.22. The molecule has 1 heterocycles. The molecule has 0 spiro atoms. The molecule has 0 bridgehead atoms. The molecule has 1 aliphatic rings. The first-order valence-electron chi connectivity index (χ1n) is 13.0. The van der Waals surface area contributed by atoms with Gasteiger partial charge in [0, 0.05) is 30.0 Å². The molecule has 0 amide bonds. The van der Waals surface area contributed by atoms with Gasteiger partial charge in [0.2, 0.25) is 10.0 Å². The van der Waals surface area contributed by atoms with Crippen molar-refractivity contribution in [1.82, 2.24) is 14.5 Å². The van der Waals surface area contributed by atoms with Gasteiger partial charge in [-0.05, 0) is 64.2 Å². The van der Waals surface area contributed by atoms with Crippen LogP contribution in [0, 0.1) is 0 Å². The number of hydrogen-bond donors (Lipinski definition) is 1. The standard InChI is InChI=1S/C29H37N3O4S/c1-6-18-32-24(26(28(33)36-7-2)27(30-32)22-16-17-22)19-20-12-14-21(15-13-20)23-10-8-9-11-25(23)37(34,35)31-29(3,4)5/h8-15,22,31H,6-7,16-19H2,1-5H3. The molecule has 1 N–H and O–H groups in total. The normalized spacial score (nSPS) is 14.1. The van der Waals surface area contributed by atoms with Crippen molar-refractivity contribution in [3.63, 3.8) is 0 Å². The summed E-state index contributed by atoms with van der Waals surface area (Å²) in [6, 6.07) is 14.9. The summed E-state index contributed by atoms with van der Waals surface area (Å²) in [6.07, 6.45) is 3.56. The van der Waals surface area contributed by atoms with E-state index in [1.165, 1.54) is 0 Å². The lowest BCUT2D eigenvalue weighted by molar-refractivity contribution is 0.0523. The predicted octanol–water partition coefficient (Wildman–Crippen LogP) is 5.68. The number of rotatable bonds is 10. The monoisotopic (exact) mass is 523 g/mol. The number of carbonyl (C=O) groups is 1. The third-order valence-corrected chi connectivity index (χ3v) is 8.03. The van der Waals surface area contributed by atoms with Crippen molar-refractivity contribution in [3.05, 3.63) is 71.0 Å². The van der Waals surface area contributed by atoms with Gasteiger partial charge in [-0.2, -0.15) is 5.10 Å². The Morgan fingerprint density at radius 1 is 1.08 bits per heavy atom. The van der Waals surface area contributed by atoms with Crippen LogP contribution in [0.5, 0.6) is 0 Å². The number of aromatic nitrogens is 2. The molecular weight excluding hydrogens is 486 g/mol. The average molecular weight is 524 g/mol. The zero-order valence-corrected chi connectivity index (χ0v) is 23.2. The van der Waals surface area contributed by atoms with E-state index in [9.17, 15) is 13.2 Å². The summed E-state index contributed by atoms with van der Waals surface area (Å²) in [5.41, 5.74) is 4.24. The van der Waals surface area contributed by atoms with Crippen LogP contribution in [0.25, 0.3) is 11.1 Å². The molecule has 0 radical (unpaired) electrons. The average Bonchev–Trinajstić information content (AvgIpc) is 3.62. The second-order valence-corrected chi connectivity index (χ2v) is 12.3. The Bertz CT molecular complexity index is 1370. The summed E-state index contributed by atoms with van der Waals surface area (Å²) in [4.78, 5) is 13.2. The van der Waals surface area contributed by atoms with Gasteiger partial charge in [0.25, 0.3) is 0 Å². The Labute approximate surface area is 220 Å². The van der Waals surface area contributed by atoms with Gasteiger partial charge in [-0.1, -0.05) is 49.4 Å². The van der Waals surface area contributed by atoms with E-state index in [1.807, 2.05) is 68.8 Å². The van der Waals surface area contributed by atoms with E-state index in [0.717, 1.165) is 48.3 Å². The van der Waals surface area contributed by atoms with Crippen LogP contribution in [0.1, 0.15) is 87.1 Å². The lowest BCUT2D eigenvalue weighted by Crippen LogP contribution is -2.40. The molecule has 1 saturated carbocycles. The maximum Gasteiger partial charge on any atom is 0.341 e. The van der Waals surface area contributed by atoms with Crippen molar-refractivity contribution < 1.29 is 17.9 Å². The topological polar surface area (TPSA) is 90.3 Å². The van der Waals surface area contributed by atoms with Crippen molar-refractivity contribution in [2.24, 2.45) is 0 Å². The van der Waals surface area contributed by atoms with Gasteiger partial charge in [-0.15, -0.1) is 0 Å². The molecule has 8 heteroatoms. The van der Waals surface area contributed by atoms with Gasteiger partial charge in [-0.3, -0.25) is 4.68 Å². The van der Waals surface area contributed by atoms with Crippen LogP contribution >= 0.6 is 0 Å². The van der Waals surface area contributed by atoms with Crippen molar-refractivity contribution in [1.29, 1.82) is 0 Å². The number of benzene rings is 2. The third kappa shape index (κ3) is 6.30. The Kier molecular flexibility index (Phi) is 7.90. The minimum atomic E-state index is -3.70. The fourth-order valence-electron chi connectivity index (χ4n) is 4.55. The summed E-state index contributed by atoms with van der Waals surface area (Å²) >= 11 is 0. The van der Waals surface area contributed by atoms with E-state index in [2.05, 4.69) is 11.6 Å². The highest BCUT2D eigenvalue weighted by molar-refractivity contribution is 7.89. The first kappa shape index (κ1) is 27.1. The highest BCUT2D eigenvalue weighted by Gasteiger charge is 2.35. The minimum Gasteiger partial charge on any atom is -0.462 e. The van der Waals surface area contributed by atoms with E-state index < -0.39 is 15.6 Å². The molecule has 0 aliphatic heterocycles. The number of nitrogens with zero attached hydrogens (tertiary/aromatic N) is 2. The smallest absolute Gasteiger partial charge is 0.341 e. The lowest BCUT2D eigenvalue weighted by Gasteiger charge is -2.21. The molecule has 1 fully saturated rings. The molecule has 7 nitrogen and oxygen atoms in total. The van der Waals surface area contributed by atoms with E-state index in [4.69, 9.17) is 9.84 Å². The SMILES string of the molecule is CCCn1nc(C2CC2)c(C(=O)OCC)c1Cc1ccc(-c2ccccc2S(=O)(=O)NC(C)(C)C)cc1. The Balaban J connectivity index is 1.68. The minimum absolute atomic E-state index is 0.248. The molecule has 2 aromatic carbocycles. The number of carbonyl (C=O) groups excluding carboxylic acids is 1. The van der Waals surface area contributed by atoms with Crippen LogP contribution in [-0.2, 0) is 27.7 Å². The fourth-order valence-corrected chi connectivity index (χ4v) is 6.20. The molecule has 0 atom stereocenters. The van der Waals surface area contributed by atoms with Gasteiger partial charge in [0.05, 0.1) is 22.9 Å².